The van der Waals surface area contributed by atoms with Gasteiger partial charge in [0.15, 0.2) is 11.5 Å². The molecule has 8 heteroatoms. The van der Waals surface area contributed by atoms with Crippen molar-refractivity contribution in [1.29, 1.82) is 0 Å². The average molecular weight is 468 g/mol. The largest absolute Gasteiger partial charge is 0.492 e. The number of oxazole rings is 1. The number of halogens is 1. The van der Waals surface area contributed by atoms with E-state index in [2.05, 4.69) is 4.98 Å². The number of fused-ring (bicyclic) bond motifs is 1. The number of hydrogen-bond acceptors (Lipinski definition) is 5. The number of nitrogens with zero attached hydrogens (tertiary/aromatic N) is 3. The van der Waals surface area contributed by atoms with Gasteiger partial charge < -0.3 is 19.0 Å². The predicted molar refractivity (Wildman–Crippen MR) is 126 cm³/mol. The van der Waals surface area contributed by atoms with Crippen molar-refractivity contribution in [2.75, 3.05) is 31.1 Å². The van der Waals surface area contributed by atoms with Crippen molar-refractivity contribution in [2.45, 2.75) is 32.1 Å². The summed E-state index contributed by atoms with van der Waals surface area (Å²) in [7, 11) is 0. The third-order valence-electron chi connectivity index (χ3n) is 6.45. The number of piperidine rings is 1. The number of rotatable bonds is 5. The van der Waals surface area contributed by atoms with Crippen molar-refractivity contribution in [3.63, 3.8) is 0 Å². The fourth-order valence-electron chi connectivity index (χ4n) is 4.76. The lowest BCUT2D eigenvalue weighted by Gasteiger charge is -2.32. The SMILES string of the molecule is CCOc1ccccc1N1CC(C(=O)N2CCC(c3nc4cc(Cl)ccc4o3)CC2)CC1=O. The van der Waals surface area contributed by atoms with E-state index >= 15 is 0 Å². The zero-order chi connectivity index (χ0) is 22.9. The van der Waals surface area contributed by atoms with Crippen LogP contribution in [0.5, 0.6) is 5.75 Å². The monoisotopic (exact) mass is 467 g/mol. The molecule has 0 N–H and O–H groups in total. The molecule has 2 aliphatic heterocycles. The zero-order valence-electron chi connectivity index (χ0n) is 18.5. The lowest BCUT2D eigenvalue weighted by atomic mass is 9.95. The average Bonchev–Trinajstić information content (AvgIpc) is 3.42. The molecular formula is C25H26ClN3O4. The molecule has 0 aliphatic carbocycles. The van der Waals surface area contributed by atoms with E-state index in [1.807, 2.05) is 42.2 Å². The third-order valence-corrected chi connectivity index (χ3v) is 6.69. The van der Waals surface area contributed by atoms with Crippen molar-refractivity contribution < 1.29 is 18.7 Å². The number of amides is 2. The van der Waals surface area contributed by atoms with Gasteiger partial charge in [0, 0.05) is 37.0 Å². The summed E-state index contributed by atoms with van der Waals surface area (Å²) in [6.45, 7) is 4.07. The number of ether oxygens (including phenoxy) is 1. The van der Waals surface area contributed by atoms with Gasteiger partial charge in [0.25, 0.3) is 0 Å². The molecule has 33 heavy (non-hydrogen) atoms. The minimum Gasteiger partial charge on any atom is -0.492 e. The quantitative estimate of drug-likeness (QED) is 0.546. The van der Waals surface area contributed by atoms with Gasteiger partial charge >= 0.3 is 0 Å². The normalized spacial score (nSPS) is 19.5. The number of likely N-dealkylation sites (tertiary alicyclic amines) is 1. The molecule has 0 saturated carbocycles. The number of carbonyl (C=O) groups is 2. The molecule has 3 heterocycles. The van der Waals surface area contributed by atoms with Gasteiger partial charge in [-0.1, -0.05) is 23.7 Å². The first kappa shape index (κ1) is 21.8. The van der Waals surface area contributed by atoms with Crippen LogP contribution < -0.4 is 9.64 Å². The highest BCUT2D eigenvalue weighted by atomic mass is 35.5. The van der Waals surface area contributed by atoms with Crippen LogP contribution in [0.1, 0.15) is 38.0 Å². The van der Waals surface area contributed by atoms with Gasteiger partial charge in [-0.05, 0) is 50.1 Å². The van der Waals surface area contributed by atoms with Crippen LogP contribution in [-0.2, 0) is 9.59 Å². The number of hydrogen-bond donors (Lipinski definition) is 0. The molecule has 2 amide bonds. The predicted octanol–water partition coefficient (Wildman–Crippen LogP) is 4.64. The first-order valence-corrected chi connectivity index (χ1v) is 11.8. The molecule has 3 aromatic rings. The molecule has 1 unspecified atom stereocenters. The van der Waals surface area contributed by atoms with E-state index in [-0.39, 0.29) is 30.1 Å². The van der Waals surface area contributed by atoms with E-state index in [1.165, 1.54) is 0 Å². The van der Waals surface area contributed by atoms with Gasteiger partial charge in [-0.15, -0.1) is 0 Å². The molecule has 2 fully saturated rings. The Morgan fingerprint density at radius 1 is 1.21 bits per heavy atom. The minimum absolute atomic E-state index is 0.0412. The summed E-state index contributed by atoms with van der Waals surface area (Å²) in [5, 5.41) is 0.631. The molecule has 0 radical (unpaired) electrons. The molecule has 1 atom stereocenters. The summed E-state index contributed by atoms with van der Waals surface area (Å²) >= 11 is 6.05. The zero-order valence-corrected chi connectivity index (χ0v) is 19.3. The van der Waals surface area contributed by atoms with Crippen LogP contribution in [0, 0.1) is 5.92 Å². The van der Waals surface area contributed by atoms with Gasteiger partial charge in [0.1, 0.15) is 11.3 Å². The van der Waals surface area contributed by atoms with Gasteiger partial charge in [-0.25, -0.2) is 4.98 Å². The molecule has 2 aliphatic rings. The molecule has 5 rings (SSSR count). The number of para-hydroxylation sites is 2. The summed E-state index contributed by atoms with van der Waals surface area (Å²) in [6.07, 6.45) is 1.79. The van der Waals surface area contributed by atoms with E-state index in [4.69, 9.17) is 20.8 Å². The molecule has 1 aromatic heterocycles. The van der Waals surface area contributed by atoms with Crippen molar-refractivity contribution in [1.82, 2.24) is 9.88 Å². The number of benzene rings is 2. The van der Waals surface area contributed by atoms with Crippen LogP contribution in [-0.4, -0.2) is 47.9 Å². The van der Waals surface area contributed by atoms with Crippen LogP contribution in [0.15, 0.2) is 46.9 Å². The highest BCUT2D eigenvalue weighted by Gasteiger charge is 2.39. The minimum atomic E-state index is -0.338. The van der Waals surface area contributed by atoms with Crippen LogP contribution in [0.3, 0.4) is 0 Å². The van der Waals surface area contributed by atoms with Gasteiger partial charge in [0.05, 0.1) is 18.2 Å². The Labute approximate surface area is 197 Å². The van der Waals surface area contributed by atoms with Crippen LogP contribution in [0.25, 0.3) is 11.1 Å². The van der Waals surface area contributed by atoms with Gasteiger partial charge in [-0.2, -0.15) is 0 Å². The fraction of sp³-hybridized carbons (Fsp3) is 0.400. The molecule has 2 saturated heterocycles. The second-order valence-corrected chi connectivity index (χ2v) is 9.01. The van der Waals surface area contributed by atoms with Gasteiger partial charge in [0.2, 0.25) is 11.8 Å². The lowest BCUT2D eigenvalue weighted by molar-refractivity contribution is -0.136. The van der Waals surface area contributed by atoms with Crippen LogP contribution >= 0.6 is 11.6 Å². The van der Waals surface area contributed by atoms with E-state index in [9.17, 15) is 9.59 Å². The summed E-state index contributed by atoms with van der Waals surface area (Å²) in [5.41, 5.74) is 2.21. The van der Waals surface area contributed by atoms with Crippen molar-refractivity contribution >= 4 is 40.2 Å². The summed E-state index contributed by atoms with van der Waals surface area (Å²) < 4.78 is 11.6. The maximum absolute atomic E-state index is 13.2. The molecule has 2 aromatic carbocycles. The Balaban J connectivity index is 1.22. The molecule has 172 valence electrons. The second kappa shape index (κ2) is 9.06. The Morgan fingerprint density at radius 3 is 2.79 bits per heavy atom. The molecular weight excluding hydrogens is 442 g/mol. The van der Waals surface area contributed by atoms with E-state index in [0.717, 1.165) is 29.6 Å². The summed E-state index contributed by atoms with van der Waals surface area (Å²) in [6, 6.07) is 12.9. The molecule has 0 spiro atoms. The third kappa shape index (κ3) is 4.29. The first-order chi connectivity index (χ1) is 16.0. The van der Waals surface area contributed by atoms with E-state index in [1.54, 1.807) is 17.0 Å². The van der Waals surface area contributed by atoms with Crippen molar-refractivity contribution in [2.24, 2.45) is 5.92 Å². The maximum Gasteiger partial charge on any atom is 0.228 e. The van der Waals surface area contributed by atoms with Gasteiger partial charge in [-0.3, -0.25) is 9.59 Å². The standard InChI is InChI=1S/C25H26ClN3O4/c1-2-32-22-6-4-3-5-20(22)29-15-17(13-23(29)30)25(31)28-11-9-16(10-12-28)24-27-19-14-18(26)7-8-21(19)33-24/h3-8,14,16-17H,2,9-13,15H2,1H3. The lowest BCUT2D eigenvalue weighted by Crippen LogP contribution is -2.42. The summed E-state index contributed by atoms with van der Waals surface area (Å²) in [4.78, 5) is 34.1. The fourth-order valence-corrected chi connectivity index (χ4v) is 4.93. The van der Waals surface area contributed by atoms with E-state index in [0.29, 0.717) is 42.9 Å². The highest BCUT2D eigenvalue weighted by molar-refractivity contribution is 6.31. The highest BCUT2D eigenvalue weighted by Crippen LogP contribution is 2.35. The second-order valence-electron chi connectivity index (χ2n) is 8.57. The van der Waals surface area contributed by atoms with Crippen LogP contribution in [0.2, 0.25) is 5.02 Å². The Morgan fingerprint density at radius 2 is 2.00 bits per heavy atom. The first-order valence-electron chi connectivity index (χ1n) is 11.4. The maximum atomic E-state index is 13.2. The summed E-state index contributed by atoms with van der Waals surface area (Å²) in [5.74, 6) is 1.20. The topological polar surface area (TPSA) is 75.9 Å². The Hall–Kier alpha value is -3.06. The Bertz CT molecular complexity index is 1190. The van der Waals surface area contributed by atoms with Crippen LogP contribution in [0.4, 0.5) is 5.69 Å². The number of carbonyl (C=O) groups excluding carboxylic acids is 2. The Kier molecular flexibility index (Phi) is 5.98. The molecule has 0 bridgehead atoms. The van der Waals surface area contributed by atoms with Crippen molar-refractivity contribution in [3.8, 4) is 5.75 Å². The smallest absolute Gasteiger partial charge is 0.228 e. The number of aromatic nitrogens is 1. The van der Waals surface area contributed by atoms with Crippen molar-refractivity contribution in [3.05, 3.63) is 53.4 Å². The number of anilines is 1. The molecule has 7 nitrogen and oxygen atoms in total. The van der Waals surface area contributed by atoms with E-state index < -0.39 is 0 Å².